The van der Waals surface area contributed by atoms with Gasteiger partial charge >= 0.3 is 6.18 Å². The number of halogens is 3. The summed E-state index contributed by atoms with van der Waals surface area (Å²) >= 11 is 5.71. The van der Waals surface area contributed by atoms with Gasteiger partial charge in [0.15, 0.2) is 16.6 Å². The fourth-order valence-corrected chi connectivity index (χ4v) is 5.23. The summed E-state index contributed by atoms with van der Waals surface area (Å²) in [5.74, 6) is -0.972. The van der Waals surface area contributed by atoms with Gasteiger partial charge in [-0.25, -0.2) is 4.90 Å². The fraction of sp³-hybridized carbons (Fsp3) is 0.280. The lowest BCUT2D eigenvalue weighted by Gasteiger charge is -2.43. The molecular weight excluding hydrogens is 519 g/mol. The number of hydrogen-bond donors (Lipinski definition) is 0. The van der Waals surface area contributed by atoms with Crippen LogP contribution in [0.15, 0.2) is 60.8 Å². The maximum atomic E-state index is 13.7. The molecule has 38 heavy (non-hydrogen) atoms. The predicted molar refractivity (Wildman–Crippen MR) is 135 cm³/mol. The van der Waals surface area contributed by atoms with Crippen molar-refractivity contribution >= 4 is 40.4 Å². The van der Waals surface area contributed by atoms with E-state index in [-0.39, 0.29) is 22.5 Å². The van der Waals surface area contributed by atoms with Gasteiger partial charge in [0.25, 0.3) is 11.7 Å². The summed E-state index contributed by atoms with van der Waals surface area (Å²) in [4.78, 5) is 20.9. The first-order valence-corrected chi connectivity index (χ1v) is 12.3. The second-order valence-electron chi connectivity index (χ2n) is 9.04. The molecule has 0 N–H and O–H groups in total. The van der Waals surface area contributed by atoms with Gasteiger partial charge in [0.1, 0.15) is 11.3 Å². The smallest absolute Gasteiger partial charge is 0.453 e. The third-order valence-electron chi connectivity index (χ3n) is 6.77. The number of rotatable bonds is 6. The van der Waals surface area contributed by atoms with Gasteiger partial charge in [-0.3, -0.25) is 9.78 Å². The normalized spacial score (nSPS) is 16.9. The van der Waals surface area contributed by atoms with Crippen molar-refractivity contribution in [1.82, 2.24) is 24.8 Å². The maximum absolute atomic E-state index is 13.7. The summed E-state index contributed by atoms with van der Waals surface area (Å²) in [5.41, 5.74) is 0.615. The number of carbonyl (C=O) groups is 1. The zero-order valence-corrected chi connectivity index (χ0v) is 20.6. The van der Waals surface area contributed by atoms with E-state index in [1.165, 1.54) is 17.0 Å². The Morgan fingerprint density at radius 3 is 2.47 bits per heavy atom. The average Bonchev–Trinajstić information content (AvgIpc) is 3.41. The van der Waals surface area contributed by atoms with Gasteiger partial charge in [-0.2, -0.15) is 17.7 Å². The van der Waals surface area contributed by atoms with Crippen LogP contribution in [0.1, 0.15) is 30.8 Å². The minimum atomic E-state index is -4.76. The lowest BCUT2D eigenvalue weighted by atomic mass is 9.75. The fourth-order valence-electron chi connectivity index (χ4n) is 4.77. The first-order chi connectivity index (χ1) is 18.3. The Labute approximate surface area is 219 Å². The van der Waals surface area contributed by atoms with E-state index in [0.717, 1.165) is 12.1 Å². The quantitative estimate of drug-likeness (QED) is 0.337. The van der Waals surface area contributed by atoms with E-state index in [4.69, 9.17) is 17.0 Å². The molecule has 6 rings (SSSR count). The molecule has 1 amide bonds. The molecular formula is C25H20F3N7O2S. The van der Waals surface area contributed by atoms with Crippen LogP contribution in [0.3, 0.4) is 0 Å². The lowest BCUT2D eigenvalue weighted by molar-refractivity contribution is -0.146. The number of carbonyl (C=O) groups excluding carboxylic acids is 1. The number of thiocarbonyl (C=S) groups is 1. The summed E-state index contributed by atoms with van der Waals surface area (Å²) < 4.78 is 46.6. The highest BCUT2D eigenvalue weighted by Crippen LogP contribution is 2.47. The molecule has 3 aromatic heterocycles. The highest BCUT2D eigenvalue weighted by Gasteiger charge is 2.60. The molecule has 1 aliphatic carbocycles. The molecule has 4 aromatic rings. The molecule has 0 atom stereocenters. The summed E-state index contributed by atoms with van der Waals surface area (Å²) in [7, 11) is 0. The molecule has 1 saturated carbocycles. The number of amides is 1. The first kappa shape index (κ1) is 24.2. The summed E-state index contributed by atoms with van der Waals surface area (Å²) in [6.45, 7) is 0.450. The van der Waals surface area contributed by atoms with Crippen LogP contribution in [0.4, 0.5) is 24.7 Å². The highest BCUT2D eigenvalue weighted by molar-refractivity contribution is 7.81. The number of anilines is 2. The molecule has 2 fully saturated rings. The molecule has 194 valence electrons. The number of pyridine rings is 1. The molecule has 1 saturated heterocycles. The van der Waals surface area contributed by atoms with E-state index in [2.05, 4.69) is 20.3 Å². The van der Waals surface area contributed by atoms with Crippen molar-refractivity contribution < 1.29 is 22.7 Å². The van der Waals surface area contributed by atoms with Gasteiger partial charge in [-0.1, -0.05) is 6.07 Å². The molecule has 1 aliphatic heterocycles. The van der Waals surface area contributed by atoms with Gasteiger partial charge in [0, 0.05) is 24.0 Å². The van der Waals surface area contributed by atoms with Crippen molar-refractivity contribution in [2.45, 2.75) is 37.4 Å². The van der Waals surface area contributed by atoms with Crippen molar-refractivity contribution in [2.75, 3.05) is 16.4 Å². The number of benzene rings is 1. The van der Waals surface area contributed by atoms with Crippen molar-refractivity contribution in [3.05, 3.63) is 72.3 Å². The Balaban J connectivity index is 1.26. The van der Waals surface area contributed by atoms with Crippen LogP contribution >= 0.6 is 12.2 Å². The number of alkyl halides is 3. The molecule has 0 unspecified atom stereocenters. The van der Waals surface area contributed by atoms with Crippen LogP contribution in [-0.2, 0) is 17.4 Å². The maximum Gasteiger partial charge on any atom is 0.453 e. The molecule has 13 heteroatoms. The molecule has 1 spiro atoms. The predicted octanol–water partition coefficient (Wildman–Crippen LogP) is 4.22. The Kier molecular flexibility index (Phi) is 5.74. The minimum absolute atomic E-state index is 0.0268. The second-order valence-corrected chi connectivity index (χ2v) is 9.41. The molecule has 9 nitrogen and oxygen atoms in total. The Morgan fingerprint density at radius 1 is 1.03 bits per heavy atom. The van der Waals surface area contributed by atoms with Crippen LogP contribution in [0.5, 0.6) is 5.75 Å². The highest BCUT2D eigenvalue weighted by atomic mass is 32.1. The molecule has 0 bridgehead atoms. The van der Waals surface area contributed by atoms with Crippen LogP contribution in [0.2, 0.25) is 0 Å². The lowest BCUT2D eigenvalue weighted by Crippen LogP contribution is -2.55. The summed E-state index contributed by atoms with van der Waals surface area (Å²) in [6.07, 6.45) is -0.419. The SMILES string of the molecule is O=C1N(c2ccc3nnc(C(F)(F)F)n3n2)C(=S)N(c2ccc(OCCc3ccccn3)cc2)C12CCC2. The summed E-state index contributed by atoms with van der Waals surface area (Å²) in [6, 6.07) is 15.7. The van der Waals surface area contributed by atoms with Crippen molar-refractivity contribution in [3.8, 4) is 5.75 Å². The van der Waals surface area contributed by atoms with E-state index in [9.17, 15) is 18.0 Å². The molecule has 1 aromatic carbocycles. The molecule has 0 radical (unpaired) electrons. The van der Waals surface area contributed by atoms with Gasteiger partial charge in [-0.05, 0) is 80.0 Å². The monoisotopic (exact) mass is 539 g/mol. The third kappa shape index (κ3) is 3.93. The van der Waals surface area contributed by atoms with Gasteiger partial charge < -0.3 is 9.64 Å². The minimum Gasteiger partial charge on any atom is -0.493 e. The molecule has 2 aliphatic rings. The van der Waals surface area contributed by atoms with Crippen LogP contribution in [0.25, 0.3) is 5.65 Å². The zero-order chi connectivity index (χ0) is 26.5. The van der Waals surface area contributed by atoms with E-state index in [0.29, 0.717) is 41.8 Å². The number of aromatic nitrogens is 5. The van der Waals surface area contributed by atoms with E-state index in [1.54, 1.807) is 23.2 Å². The number of fused-ring (bicyclic) bond motifs is 1. The van der Waals surface area contributed by atoms with E-state index in [1.807, 2.05) is 30.3 Å². The topological polar surface area (TPSA) is 88.8 Å². The van der Waals surface area contributed by atoms with Crippen LogP contribution in [-0.4, -0.2) is 48.0 Å². The van der Waals surface area contributed by atoms with E-state index < -0.39 is 17.5 Å². The van der Waals surface area contributed by atoms with Crippen molar-refractivity contribution in [2.24, 2.45) is 0 Å². The van der Waals surface area contributed by atoms with E-state index >= 15 is 0 Å². The molecule has 4 heterocycles. The van der Waals surface area contributed by atoms with Crippen LogP contribution in [0, 0.1) is 0 Å². The average molecular weight is 540 g/mol. The number of ether oxygens (including phenoxy) is 1. The van der Waals surface area contributed by atoms with Crippen molar-refractivity contribution in [1.29, 1.82) is 0 Å². The van der Waals surface area contributed by atoms with Gasteiger partial charge in [0.05, 0.1) is 6.61 Å². The number of nitrogens with zero attached hydrogens (tertiary/aromatic N) is 7. The Bertz CT molecular complexity index is 1520. The van der Waals surface area contributed by atoms with Gasteiger partial charge in [0.2, 0.25) is 0 Å². The zero-order valence-electron chi connectivity index (χ0n) is 19.8. The van der Waals surface area contributed by atoms with Gasteiger partial charge in [-0.15, -0.1) is 15.3 Å². The first-order valence-electron chi connectivity index (χ1n) is 11.9. The van der Waals surface area contributed by atoms with Crippen LogP contribution < -0.4 is 14.5 Å². The van der Waals surface area contributed by atoms with Crippen molar-refractivity contribution in [3.63, 3.8) is 0 Å². The number of hydrogen-bond acceptors (Lipinski definition) is 7. The Hall–Kier alpha value is -4.13. The standard InChI is InChI=1S/C25H20F3N7O2S/c26-25(27,28)21-31-30-19-9-10-20(32-35(19)21)33-22(36)24(12-3-13-24)34(23(33)38)17-5-7-18(8-6-17)37-15-11-16-4-1-2-14-29-16/h1-2,4-10,14H,3,11-13,15H2. The largest absolute Gasteiger partial charge is 0.493 e. The third-order valence-corrected chi connectivity index (χ3v) is 7.14. The Morgan fingerprint density at radius 2 is 1.82 bits per heavy atom. The second kappa shape index (κ2) is 9.01. The summed E-state index contributed by atoms with van der Waals surface area (Å²) in [5, 5.41) is 10.9.